The summed E-state index contributed by atoms with van der Waals surface area (Å²) < 4.78 is 15.4. The molecule has 1 N–H and O–H groups in total. The number of anilines is 1. The number of nitrogens with one attached hydrogen (secondary N) is 1. The Morgan fingerprint density at radius 1 is 1.20 bits per heavy atom. The average molecular weight is 346 g/mol. The predicted molar refractivity (Wildman–Crippen MR) is 91.5 cm³/mol. The van der Waals surface area contributed by atoms with E-state index in [4.69, 9.17) is 14.0 Å². The van der Waals surface area contributed by atoms with Crippen LogP contribution >= 0.6 is 0 Å². The van der Waals surface area contributed by atoms with E-state index in [1.807, 2.05) is 13.8 Å². The van der Waals surface area contributed by atoms with Gasteiger partial charge in [-0.25, -0.2) is 0 Å². The number of rotatable bonds is 8. The maximum Gasteiger partial charge on any atom is 0.306 e. The van der Waals surface area contributed by atoms with Crippen LogP contribution in [0.3, 0.4) is 0 Å². The number of amides is 1. The van der Waals surface area contributed by atoms with E-state index < -0.39 is 11.9 Å². The number of esters is 1. The van der Waals surface area contributed by atoms with Crippen LogP contribution in [0.4, 0.5) is 5.69 Å². The van der Waals surface area contributed by atoms with Crippen LogP contribution in [0.1, 0.15) is 30.4 Å². The van der Waals surface area contributed by atoms with Gasteiger partial charge in [-0.1, -0.05) is 5.16 Å². The minimum absolute atomic E-state index is 0.166. The Hall–Kier alpha value is -2.83. The summed E-state index contributed by atoms with van der Waals surface area (Å²) in [6.07, 6.45) is 0.639. The van der Waals surface area contributed by atoms with Gasteiger partial charge in [-0.15, -0.1) is 0 Å². The van der Waals surface area contributed by atoms with Crippen molar-refractivity contribution in [1.82, 2.24) is 5.16 Å². The highest BCUT2D eigenvalue weighted by molar-refractivity contribution is 5.92. The summed E-state index contributed by atoms with van der Waals surface area (Å²) in [5.74, 6) is 0.585. The van der Waals surface area contributed by atoms with Crippen molar-refractivity contribution in [1.29, 1.82) is 0 Å². The van der Waals surface area contributed by atoms with Crippen molar-refractivity contribution in [2.75, 3.05) is 18.5 Å². The molecule has 2 rings (SSSR count). The maximum atomic E-state index is 11.8. The van der Waals surface area contributed by atoms with Crippen molar-refractivity contribution in [3.63, 3.8) is 0 Å². The highest BCUT2D eigenvalue weighted by Crippen LogP contribution is 2.16. The largest absolute Gasteiger partial charge is 0.494 e. The Kier molecular flexibility index (Phi) is 6.56. The second-order valence-corrected chi connectivity index (χ2v) is 5.47. The molecule has 2 aromatic rings. The van der Waals surface area contributed by atoms with E-state index in [-0.39, 0.29) is 13.0 Å². The molecular formula is C18H22N2O5. The number of aryl methyl sites for hydroxylation is 2. The number of carbonyl (C=O) groups is 2. The molecule has 0 aliphatic carbocycles. The third-order valence-electron chi connectivity index (χ3n) is 3.57. The van der Waals surface area contributed by atoms with Crippen LogP contribution in [0.15, 0.2) is 28.8 Å². The first-order chi connectivity index (χ1) is 12.0. The summed E-state index contributed by atoms with van der Waals surface area (Å²) in [7, 11) is 0. The number of carbonyl (C=O) groups excluding carboxylic acids is 2. The first kappa shape index (κ1) is 18.5. The number of nitrogens with zero attached hydrogens (tertiary/aromatic N) is 1. The lowest BCUT2D eigenvalue weighted by molar-refractivity contribution is -0.147. The highest BCUT2D eigenvalue weighted by atomic mass is 16.5. The van der Waals surface area contributed by atoms with Crippen LogP contribution in [0, 0.1) is 13.8 Å². The van der Waals surface area contributed by atoms with E-state index in [2.05, 4.69) is 10.5 Å². The zero-order chi connectivity index (χ0) is 18.2. The van der Waals surface area contributed by atoms with E-state index in [0.29, 0.717) is 24.5 Å². The van der Waals surface area contributed by atoms with E-state index >= 15 is 0 Å². The molecular weight excluding hydrogens is 324 g/mol. The van der Waals surface area contributed by atoms with Gasteiger partial charge in [0.25, 0.3) is 5.91 Å². The zero-order valence-corrected chi connectivity index (χ0v) is 14.6. The van der Waals surface area contributed by atoms with Crippen molar-refractivity contribution in [3.8, 4) is 5.75 Å². The van der Waals surface area contributed by atoms with Gasteiger partial charge >= 0.3 is 5.97 Å². The van der Waals surface area contributed by atoms with Crippen LogP contribution in [-0.2, 0) is 20.7 Å². The Balaban J connectivity index is 1.73. The summed E-state index contributed by atoms with van der Waals surface area (Å²) in [5.41, 5.74) is 2.27. The fourth-order valence-electron chi connectivity index (χ4n) is 2.30. The summed E-state index contributed by atoms with van der Waals surface area (Å²) in [5, 5.41) is 6.49. The van der Waals surface area contributed by atoms with E-state index in [1.54, 1.807) is 31.2 Å². The fraction of sp³-hybridized carbons (Fsp3) is 0.389. The average Bonchev–Trinajstić information content (AvgIpc) is 2.91. The molecule has 1 aromatic carbocycles. The van der Waals surface area contributed by atoms with Gasteiger partial charge in [-0.2, -0.15) is 0 Å². The molecule has 0 unspecified atom stereocenters. The molecule has 134 valence electrons. The van der Waals surface area contributed by atoms with Gasteiger partial charge in [0.1, 0.15) is 11.5 Å². The van der Waals surface area contributed by atoms with Crippen LogP contribution in [0.5, 0.6) is 5.75 Å². The van der Waals surface area contributed by atoms with Crippen molar-refractivity contribution < 1.29 is 23.6 Å². The molecule has 0 saturated heterocycles. The molecule has 1 aromatic heterocycles. The first-order valence-corrected chi connectivity index (χ1v) is 8.09. The Labute approximate surface area is 146 Å². The molecule has 1 heterocycles. The number of aromatic nitrogens is 1. The number of ether oxygens (including phenoxy) is 2. The first-order valence-electron chi connectivity index (χ1n) is 8.09. The molecule has 7 nitrogen and oxygen atoms in total. The van der Waals surface area contributed by atoms with Crippen LogP contribution < -0.4 is 10.1 Å². The van der Waals surface area contributed by atoms with Crippen LogP contribution in [0.25, 0.3) is 0 Å². The van der Waals surface area contributed by atoms with Crippen LogP contribution in [-0.4, -0.2) is 30.2 Å². The second kappa shape index (κ2) is 8.86. The Morgan fingerprint density at radius 2 is 1.92 bits per heavy atom. The van der Waals surface area contributed by atoms with E-state index in [1.165, 1.54) is 0 Å². The molecule has 1 amide bonds. The molecule has 25 heavy (non-hydrogen) atoms. The van der Waals surface area contributed by atoms with Crippen molar-refractivity contribution in [2.24, 2.45) is 0 Å². The van der Waals surface area contributed by atoms with E-state index in [0.717, 1.165) is 17.0 Å². The number of hydrogen-bond acceptors (Lipinski definition) is 6. The molecule has 0 bridgehead atoms. The van der Waals surface area contributed by atoms with Gasteiger partial charge in [0.05, 0.1) is 12.3 Å². The van der Waals surface area contributed by atoms with Crippen molar-refractivity contribution in [2.45, 2.75) is 33.6 Å². The second-order valence-electron chi connectivity index (χ2n) is 5.47. The van der Waals surface area contributed by atoms with Gasteiger partial charge in [-0.05, 0) is 51.5 Å². The molecule has 0 aliphatic rings. The third kappa shape index (κ3) is 5.63. The van der Waals surface area contributed by atoms with Crippen molar-refractivity contribution in [3.05, 3.63) is 41.3 Å². The summed E-state index contributed by atoms with van der Waals surface area (Å²) in [6, 6.07) is 6.97. The molecule has 0 saturated carbocycles. The highest BCUT2D eigenvalue weighted by Gasteiger charge is 2.13. The quantitative estimate of drug-likeness (QED) is 0.739. The summed E-state index contributed by atoms with van der Waals surface area (Å²) in [6.45, 7) is 5.77. The van der Waals surface area contributed by atoms with Gasteiger partial charge in [0.2, 0.25) is 0 Å². The predicted octanol–water partition coefficient (Wildman–Crippen LogP) is 2.80. The summed E-state index contributed by atoms with van der Waals surface area (Å²) >= 11 is 0. The lowest BCUT2D eigenvalue weighted by atomic mass is 10.1. The standard InChI is InChI=1S/C18H22N2O5/c1-4-23-15-7-5-14(6-8-15)19-17(21)11-24-18(22)10-9-16-12(2)20-25-13(16)3/h5-8H,4,9-11H2,1-3H3,(H,19,21). The molecule has 0 aliphatic heterocycles. The number of hydrogen-bond donors (Lipinski definition) is 1. The third-order valence-corrected chi connectivity index (χ3v) is 3.57. The molecule has 0 atom stereocenters. The Morgan fingerprint density at radius 3 is 2.52 bits per heavy atom. The maximum absolute atomic E-state index is 11.8. The molecule has 7 heteroatoms. The normalized spacial score (nSPS) is 10.4. The topological polar surface area (TPSA) is 90.7 Å². The number of benzene rings is 1. The summed E-state index contributed by atoms with van der Waals surface area (Å²) in [4.78, 5) is 23.6. The smallest absolute Gasteiger partial charge is 0.306 e. The minimum Gasteiger partial charge on any atom is -0.494 e. The minimum atomic E-state index is -0.443. The van der Waals surface area contributed by atoms with Gasteiger partial charge in [0.15, 0.2) is 6.61 Å². The Bertz CT molecular complexity index is 702. The fourth-order valence-corrected chi connectivity index (χ4v) is 2.30. The monoisotopic (exact) mass is 346 g/mol. The molecule has 0 radical (unpaired) electrons. The SMILES string of the molecule is CCOc1ccc(NC(=O)COC(=O)CCc2c(C)noc2C)cc1. The van der Waals surface area contributed by atoms with Gasteiger partial charge < -0.3 is 19.3 Å². The van der Waals surface area contributed by atoms with Gasteiger partial charge in [0, 0.05) is 17.7 Å². The van der Waals surface area contributed by atoms with Crippen LogP contribution in [0.2, 0.25) is 0 Å². The van der Waals surface area contributed by atoms with E-state index in [9.17, 15) is 9.59 Å². The lowest BCUT2D eigenvalue weighted by Crippen LogP contribution is -2.21. The molecule has 0 fully saturated rings. The zero-order valence-electron chi connectivity index (χ0n) is 14.6. The van der Waals surface area contributed by atoms with Crippen molar-refractivity contribution >= 4 is 17.6 Å². The van der Waals surface area contributed by atoms with Gasteiger partial charge in [-0.3, -0.25) is 9.59 Å². The molecule has 0 spiro atoms. The lowest BCUT2D eigenvalue weighted by Gasteiger charge is -2.08.